The molecule has 0 atom stereocenters. The van der Waals surface area contributed by atoms with Crippen LogP contribution in [0.25, 0.3) is 0 Å². The average molecular weight is 391 g/mol. The van der Waals surface area contributed by atoms with Crippen LogP contribution in [0, 0.1) is 0 Å². The second-order valence-electron chi connectivity index (χ2n) is 4.97. The summed E-state index contributed by atoms with van der Waals surface area (Å²) in [6.45, 7) is 0. The summed E-state index contributed by atoms with van der Waals surface area (Å²) in [7, 11) is 0. The number of amides is 2. The molecule has 0 fully saturated rings. The molecule has 0 aliphatic carbocycles. The molecule has 132 valence electrons. The van der Waals surface area contributed by atoms with Crippen LogP contribution in [0.2, 0.25) is 10.0 Å². The highest BCUT2D eigenvalue weighted by Gasteiger charge is 2.34. The molecule has 2 rings (SSSR count). The van der Waals surface area contributed by atoms with Crippen LogP contribution < -0.4 is 10.6 Å². The van der Waals surface area contributed by atoms with E-state index < -0.39 is 35.7 Å². The first-order chi connectivity index (χ1) is 11.6. The highest BCUT2D eigenvalue weighted by molar-refractivity contribution is 6.31. The van der Waals surface area contributed by atoms with Crippen LogP contribution in [0.1, 0.15) is 12.0 Å². The van der Waals surface area contributed by atoms with E-state index in [9.17, 15) is 22.8 Å². The third-order valence-corrected chi connectivity index (χ3v) is 3.46. The normalized spacial score (nSPS) is 11.1. The molecule has 0 bridgehead atoms. The topological polar surface area (TPSA) is 58.2 Å². The van der Waals surface area contributed by atoms with E-state index in [0.717, 1.165) is 6.07 Å². The maximum Gasteiger partial charge on any atom is 0.418 e. The molecule has 0 radical (unpaired) electrons. The van der Waals surface area contributed by atoms with Gasteiger partial charge < -0.3 is 10.6 Å². The van der Waals surface area contributed by atoms with E-state index in [-0.39, 0.29) is 5.02 Å². The van der Waals surface area contributed by atoms with Crippen molar-refractivity contribution >= 4 is 46.4 Å². The summed E-state index contributed by atoms with van der Waals surface area (Å²) in [4.78, 5) is 23.6. The van der Waals surface area contributed by atoms with Gasteiger partial charge in [-0.3, -0.25) is 9.59 Å². The number of carbonyl (C=O) groups is 2. The lowest BCUT2D eigenvalue weighted by Crippen LogP contribution is -2.22. The molecule has 0 saturated carbocycles. The van der Waals surface area contributed by atoms with Gasteiger partial charge in [0.15, 0.2) is 0 Å². The summed E-state index contributed by atoms with van der Waals surface area (Å²) in [6.07, 6.45) is -5.36. The van der Waals surface area contributed by atoms with E-state index in [4.69, 9.17) is 23.2 Å². The van der Waals surface area contributed by atoms with Crippen molar-refractivity contribution in [2.45, 2.75) is 12.6 Å². The molecule has 25 heavy (non-hydrogen) atoms. The second-order valence-corrected chi connectivity index (χ2v) is 5.84. The average Bonchev–Trinajstić information content (AvgIpc) is 2.47. The molecule has 0 aliphatic heterocycles. The number of nitrogens with one attached hydrogen (secondary N) is 2. The van der Waals surface area contributed by atoms with E-state index in [2.05, 4.69) is 10.6 Å². The van der Waals surface area contributed by atoms with Crippen LogP contribution >= 0.6 is 23.2 Å². The van der Waals surface area contributed by atoms with Crippen molar-refractivity contribution in [2.24, 2.45) is 0 Å². The van der Waals surface area contributed by atoms with E-state index in [0.29, 0.717) is 16.8 Å². The van der Waals surface area contributed by atoms with Crippen molar-refractivity contribution < 1.29 is 22.8 Å². The Labute approximate surface area is 150 Å². The minimum absolute atomic E-state index is 0.121. The predicted molar refractivity (Wildman–Crippen MR) is 89.8 cm³/mol. The van der Waals surface area contributed by atoms with Gasteiger partial charge in [0, 0.05) is 15.7 Å². The third-order valence-electron chi connectivity index (χ3n) is 2.99. The van der Waals surface area contributed by atoms with Crippen LogP contribution in [0.3, 0.4) is 0 Å². The van der Waals surface area contributed by atoms with Gasteiger partial charge in [-0.2, -0.15) is 13.2 Å². The zero-order chi connectivity index (χ0) is 18.6. The molecule has 2 amide bonds. The molecule has 0 aliphatic rings. The smallest absolute Gasteiger partial charge is 0.326 e. The molecule has 2 aromatic carbocycles. The summed E-state index contributed by atoms with van der Waals surface area (Å²) >= 11 is 11.3. The molecule has 0 aromatic heterocycles. The van der Waals surface area contributed by atoms with Crippen LogP contribution in [-0.2, 0) is 15.8 Å². The Morgan fingerprint density at radius 1 is 0.920 bits per heavy atom. The van der Waals surface area contributed by atoms with E-state index in [1.165, 1.54) is 12.1 Å². The molecular formula is C16H11Cl2F3N2O2. The molecule has 0 saturated heterocycles. The molecule has 0 heterocycles. The maximum absolute atomic E-state index is 13.0. The Morgan fingerprint density at radius 3 is 2.20 bits per heavy atom. The minimum atomic E-state index is -4.70. The quantitative estimate of drug-likeness (QED) is 0.723. The van der Waals surface area contributed by atoms with Crippen LogP contribution in [0.4, 0.5) is 24.5 Å². The van der Waals surface area contributed by atoms with E-state index in [1.807, 2.05) is 0 Å². The Hall–Kier alpha value is -2.25. The van der Waals surface area contributed by atoms with Gasteiger partial charge in [0.2, 0.25) is 11.8 Å². The van der Waals surface area contributed by atoms with Gasteiger partial charge in [-0.1, -0.05) is 29.3 Å². The standard InChI is InChI=1S/C16H11Cl2F3N2O2/c17-9-2-1-3-11(6-9)22-14(24)8-15(25)23-13-5-4-10(18)7-12(13)16(19,20)21/h1-7H,8H2,(H,22,24)(H,23,25). The number of alkyl halides is 3. The van der Waals surface area contributed by atoms with Gasteiger partial charge >= 0.3 is 6.18 Å². The lowest BCUT2D eigenvalue weighted by Gasteiger charge is -2.14. The van der Waals surface area contributed by atoms with Crippen LogP contribution in [0.15, 0.2) is 42.5 Å². The lowest BCUT2D eigenvalue weighted by molar-refractivity contribution is -0.137. The molecule has 0 unspecified atom stereocenters. The van der Waals surface area contributed by atoms with Gasteiger partial charge in [-0.15, -0.1) is 0 Å². The highest BCUT2D eigenvalue weighted by Crippen LogP contribution is 2.36. The van der Waals surface area contributed by atoms with Crippen molar-refractivity contribution in [1.29, 1.82) is 0 Å². The largest absolute Gasteiger partial charge is 0.418 e. The lowest BCUT2D eigenvalue weighted by atomic mass is 10.1. The molecule has 0 spiro atoms. The Kier molecular flexibility index (Phi) is 5.92. The molecule has 9 heteroatoms. The van der Waals surface area contributed by atoms with Crippen molar-refractivity contribution in [2.75, 3.05) is 10.6 Å². The zero-order valence-corrected chi connectivity index (χ0v) is 14.0. The first kappa shape index (κ1) is 19.1. The number of hydrogen-bond donors (Lipinski definition) is 2. The predicted octanol–water partition coefficient (Wildman–Crippen LogP) is 4.98. The summed E-state index contributed by atoms with van der Waals surface area (Å²) in [5, 5.41) is 4.76. The first-order valence-corrected chi connectivity index (χ1v) is 7.63. The van der Waals surface area contributed by atoms with Gasteiger partial charge in [0.1, 0.15) is 6.42 Å². The van der Waals surface area contributed by atoms with Crippen LogP contribution in [-0.4, -0.2) is 11.8 Å². The van der Waals surface area contributed by atoms with Crippen LogP contribution in [0.5, 0.6) is 0 Å². The summed E-state index contributed by atoms with van der Waals surface area (Å²) in [5.41, 5.74) is -1.20. The summed E-state index contributed by atoms with van der Waals surface area (Å²) < 4.78 is 38.9. The van der Waals surface area contributed by atoms with E-state index >= 15 is 0 Å². The monoisotopic (exact) mass is 390 g/mol. The van der Waals surface area contributed by atoms with E-state index in [1.54, 1.807) is 18.2 Å². The van der Waals surface area contributed by atoms with Crippen molar-refractivity contribution in [1.82, 2.24) is 0 Å². The number of halogens is 5. The molecular weight excluding hydrogens is 380 g/mol. The number of carbonyl (C=O) groups excluding carboxylic acids is 2. The van der Waals surface area contributed by atoms with Crippen molar-refractivity contribution in [3.05, 3.63) is 58.1 Å². The van der Waals surface area contributed by atoms with Gasteiger partial charge in [0.05, 0.1) is 11.3 Å². The zero-order valence-electron chi connectivity index (χ0n) is 12.5. The summed E-state index contributed by atoms with van der Waals surface area (Å²) in [6, 6.07) is 9.16. The molecule has 4 nitrogen and oxygen atoms in total. The maximum atomic E-state index is 13.0. The SMILES string of the molecule is O=C(CC(=O)Nc1ccc(Cl)cc1C(F)(F)F)Nc1cccc(Cl)c1. The number of rotatable bonds is 4. The molecule has 2 aromatic rings. The Balaban J connectivity index is 2.04. The Bertz CT molecular complexity index is 810. The second kappa shape index (κ2) is 7.76. The van der Waals surface area contributed by atoms with Gasteiger partial charge in [0.25, 0.3) is 0 Å². The number of benzene rings is 2. The van der Waals surface area contributed by atoms with Crippen molar-refractivity contribution in [3.8, 4) is 0 Å². The first-order valence-electron chi connectivity index (χ1n) is 6.87. The number of anilines is 2. The minimum Gasteiger partial charge on any atom is -0.326 e. The van der Waals surface area contributed by atoms with Crippen molar-refractivity contribution in [3.63, 3.8) is 0 Å². The fraction of sp³-hybridized carbons (Fsp3) is 0.125. The fourth-order valence-corrected chi connectivity index (χ4v) is 2.33. The Morgan fingerprint density at radius 2 is 1.56 bits per heavy atom. The number of hydrogen-bond acceptors (Lipinski definition) is 2. The molecule has 2 N–H and O–H groups in total. The third kappa shape index (κ3) is 5.65. The fourth-order valence-electron chi connectivity index (χ4n) is 1.97. The highest BCUT2D eigenvalue weighted by atomic mass is 35.5. The van der Waals surface area contributed by atoms with Gasteiger partial charge in [-0.25, -0.2) is 0 Å². The summed E-state index contributed by atoms with van der Waals surface area (Å²) in [5.74, 6) is -1.59. The van der Waals surface area contributed by atoms with Gasteiger partial charge in [-0.05, 0) is 36.4 Å².